The van der Waals surface area contributed by atoms with E-state index >= 15 is 0 Å². The number of amides is 2. The molecule has 12 heteroatoms. The fraction of sp³-hybridized carbons (Fsp3) is 0.545. The number of carbonyl (C=O) groups is 3. The first-order valence-electron chi connectivity index (χ1n) is 11.2. The molecular weight excluding hydrogens is 480 g/mol. The lowest BCUT2D eigenvalue weighted by molar-refractivity contribution is -0.718. The Morgan fingerprint density at radius 2 is 2.06 bits per heavy atom. The topological polar surface area (TPSA) is 116 Å². The zero-order chi connectivity index (χ0) is 24.3. The van der Waals surface area contributed by atoms with Gasteiger partial charge in [-0.3, -0.25) is 9.59 Å². The number of hydrogen-bond acceptors (Lipinski definition) is 7. The fourth-order valence-corrected chi connectivity index (χ4v) is 7.50. The lowest BCUT2D eigenvalue weighted by atomic mass is 9.77. The van der Waals surface area contributed by atoms with Gasteiger partial charge in [0.15, 0.2) is 6.54 Å². The Morgan fingerprint density at radius 3 is 2.68 bits per heavy atom. The number of carbonyl (C=O) groups excluding carboxylic acids is 2. The van der Waals surface area contributed by atoms with E-state index in [1.807, 2.05) is 39.6 Å². The van der Waals surface area contributed by atoms with Crippen molar-refractivity contribution in [2.75, 3.05) is 32.6 Å². The first kappa shape index (κ1) is 23.3. The van der Waals surface area contributed by atoms with Crippen molar-refractivity contribution in [2.24, 2.45) is 11.8 Å². The Balaban J connectivity index is 1.49. The van der Waals surface area contributed by atoms with E-state index in [0.29, 0.717) is 31.9 Å². The van der Waals surface area contributed by atoms with Crippen LogP contribution in [0.3, 0.4) is 0 Å². The van der Waals surface area contributed by atoms with Crippen LogP contribution < -0.4 is 4.57 Å². The number of fused-ring (bicyclic) bond motifs is 2. The summed E-state index contributed by atoms with van der Waals surface area (Å²) in [6, 6.07) is -0.355. The number of β-lactam (4-membered cyclic amide) rings is 1. The third kappa shape index (κ3) is 3.46. The molecule has 5 heterocycles. The van der Waals surface area contributed by atoms with E-state index in [1.54, 1.807) is 6.92 Å². The molecule has 10 nitrogen and oxygen atoms in total. The van der Waals surface area contributed by atoms with Crippen LogP contribution in [0.25, 0.3) is 10.4 Å². The van der Waals surface area contributed by atoms with Crippen LogP contribution >= 0.6 is 23.1 Å². The number of thiazole rings is 1. The standard InChI is InChI=1S/C22H26N4O6S2/c1-11-15(18(22(30)31)26-17(11)16(12(2)27)19(26)29)13-8-24-10-25(20(33-3)21(24)34-13)9-14(28)23-4-6-32-7-5-23/h8,10-12,16-17,27H,4-7,9H2,1-3H3/p+1/t11-,12+,16+,17+/m0/s1. The van der Waals surface area contributed by atoms with Crippen LogP contribution in [0.5, 0.6) is 0 Å². The maximum absolute atomic E-state index is 12.8. The number of ether oxygens (including phenoxy) is 1. The summed E-state index contributed by atoms with van der Waals surface area (Å²) >= 11 is 2.98. The van der Waals surface area contributed by atoms with E-state index in [4.69, 9.17) is 4.74 Å². The molecule has 0 saturated carbocycles. The molecule has 34 heavy (non-hydrogen) atoms. The number of hydrogen-bond donors (Lipinski definition) is 2. The zero-order valence-electron chi connectivity index (χ0n) is 19.1. The van der Waals surface area contributed by atoms with Gasteiger partial charge in [0.2, 0.25) is 15.8 Å². The van der Waals surface area contributed by atoms with Crippen molar-refractivity contribution in [3.8, 4) is 0 Å². The summed E-state index contributed by atoms with van der Waals surface area (Å²) in [5.74, 6) is -2.26. The van der Waals surface area contributed by atoms with Crippen LogP contribution in [-0.4, -0.2) is 86.9 Å². The van der Waals surface area contributed by atoms with E-state index in [0.717, 1.165) is 14.7 Å². The quantitative estimate of drug-likeness (QED) is 0.333. The van der Waals surface area contributed by atoms with Crippen molar-refractivity contribution in [3.63, 3.8) is 0 Å². The van der Waals surface area contributed by atoms with Crippen molar-refractivity contribution in [3.05, 3.63) is 23.1 Å². The minimum Gasteiger partial charge on any atom is -0.477 e. The second-order valence-electron chi connectivity index (χ2n) is 8.87. The number of aliphatic carboxylic acids is 1. The molecule has 2 aromatic rings. The zero-order valence-corrected chi connectivity index (χ0v) is 20.8. The highest BCUT2D eigenvalue weighted by Gasteiger charge is 2.60. The molecule has 0 spiro atoms. The predicted molar refractivity (Wildman–Crippen MR) is 124 cm³/mol. The number of carboxylic acid groups (broad SMARTS) is 1. The normalized spacial score (nSPS) is 25.6. The average Bonchev–Trinajstić information content (AvgIpc) is 3.41. The Kier molecular flexibility index (Phi) is 5.95. The first-order chi connectivity index (χ1) is 16.2. The predicted octanol–water partition coefficient (Wildman–Crippen LogP) is 0.522. The van der Waals surface area contributed by atoms with Gasteiger partial charge >= 0.3 is 5.97 Å². The van der Waals surface area contributed by atoms with Crippen LogP contribution in [0.15, 0.2) is 23.2 Å². The Labute approximate surface area is 204 Å². The van der Waals surface area contributed by atoms with Crippen molar-refractivity contribution in [1.29, 1.82) is 0 Å². The summed E-state index contributed by atoms with van der Waals surface area (Å²) in [7, 11) is 0. The van der Waals surface area contributed by atoms with Gasteiger partial charge < -0.3 is 24.7 Å². The SMILES string of the molecule is CSc1c2sc(C3=C(C(=O)O)N4C(=O)[C@H]([C@@H](C)O)[C@H]4[C@H]3C)cn2c[n+]1CC(=O)N1CCOCC1. The number of morpholine rings is 1. The molecule has 2 saturated heterocycles. The molecule has 0 bridgehead atoms. The van der Waals surface area contributed by atoms with E-state index in [9.17, 15) is 24.6 Å². The minimum absolute atomic E-state index is 0.00461. The number of aromatic nitrogens is 2. The van der Waals surface area contributed by atoms with Crippen LogP contribution in [0.1, 0.15) is 18.7 Å². The van der Waals surface area contributed by atoms with Crippen LogP contribution in [0, 0.1) is 11.8 Å². The molecule has 2 aromatic heterocycles. The second-order valence-corrected chi connectivity index (χ2v) is 10.7. The highest BCUT2D eigenvalue weighted by atomic mass is 32.2. The number of aliphatic hydroxyl groups excluding tert-OH is 1. The molecule has 0 aromatic carbocycles. The summed E-state index contributed by atoms with van der Waals surface area (Å²) in [6.45, 7) is 5.99. The average molecular weight is 508 g/mol. The summed E-state index contributed by atoms with van der Waals surface area (Å²) in [5, 5.41) is 20.9. The summed E-state index contributed by atoms with van der Waals surface area (Å²) in [4.78, 5) is 42.4. The van der Waals surface area contributed by atoms with E-state index in [1.165, 1.54) is 28.0 Å². The van der Waals surface area contributed by atoms with Crippen molar-refractivity contribution in [1.82, 2.24) is 14.2 Å². The maximum atomic E-state index is 12.8. The number of nitrogens with zero attached hydrogens (tertiary/aromatic N) is 4. The van der Waals surface area contributed by atoms with Gasteiger partial charge in [0.25, 0.3) is 12.2 Å². The van der Waals surface area contributed by atoms with Gasteiger partial charge in [-0.2, -0.15) is 4.40 Å². The fourth-order valence-electron chi connectivity index (χ4n) is 5.33. The monoisotopic (exact) mass is 507 g/mol. The van der Waals surface area contributed by atoms with Crippen molar-refractivity contribution in [2.45, 2.75) is 37.6 Å². The Bertz CT molecular complexity index is 1210. The molecule has 0 aliphatic carbocycles. The minimum atomic E-state index is -1.14. The Hall–Kier alpha value is -2.41. The van der Waals surface area contributed by atoms with Gasteiger partial charge in [-0.05, 0) is 13.2 Å². The number of thioether (sulfide) groups is 1. The third-order valence-corrected chi connectivity index (χ3v) is 8.99. The van der Waals surface area contributed by atoms with E-state index in [2.05, 4.69) is 0 Å². The second kappa shape index (κ2) is 8.67. The molecule has 2 amide bonds. The van der Waals surface area contributed by atoms with Gasteiger partial charge in [-0.25, -0.2) is 9.36 Å². The van der Waals surface area contributed by atoms with Gasteiger partial charge in [-0.15, -0.1) is 0 Å². The first-order valence-corrected chi connectivity index (χ1v) is 13.2. The van der Waals surface area contributed by atoms with Crippen molar-refractivity contribution >= 4 is 51.3 Å². The summed E-state index contributed by atoms with van der Waals surface area (Å²) < 4.78 is 9.17. The highest BCUT2D eigenvalue weighted by Crippen LogP contribution is 2.51. The lowest BCUT2D eigenvalue weighted by Crippen LogP contribution is -2.63. The molecule has 4 atom stereocenters. The molecule has 2 N–H and O–H groups in total. The number of carboxylic acids is 1. The lowest BCUT2D eigenvalue weighted by Gasteiger charge is -2.46. The molecule has 5 rings (SSSR count). The molecule has 3 aliphatic rings. The van der Waals surface area contributed by atoms with Gasteiger partial charge in [-0.1, -0.05) is 30.0 Å². The number of aliphatic hydroxyl groups is 1. The van der Waals surface area contributed by atoms with Crippen LogP contribution in [0.2, 0.25) is 0 Å². The molecule has 2 fully saturated rings. The van der Waals surface area contributed by atoms with Gasteiger partial charge in [0.1, 0.15) is 11.9 Å². The molecule has 3 aliphatic heterocycles. The van der Waals surface area contributed by atoms with Crippen LogP contribution in [-0.2, 0) is 25.7 Å². The highest BCUT2D eigenvalue weighted by molar-refractivity contribution is 7.98. The van der Waals surface area contributed by atoms with Gasteiger partial charge in [0.05, 0.1) is 36.2 Å². The van der Waals surface area contributed by atoms with Crippen LogP contribution in [0.4, 0.5) is 0 Å². The maximum Gasteiger partial charge on any atom is 0.352 e. The number of rotatable bonds is 6. The van der Waals surface area contributed by atoms with Crippen molar-refractivity contribution < 1.29 is 33.9 Å². The summed E-state index contributed by atoms with van der Waals surface area (Å²) in [6.07, 6.45) is 4.84. The molecule has 0 radical (unpaired) electrons. The van der Waals surface area contributed by atoms with Gasteiger partial charge in [0, 0.05) is 24.6 Å². The van der Waals surface area contributed by atoms with E-state index < -0.39 is 18.0 Å². The molecule has 0 unspecified atom stereocenters. The molecule has 182 valence electrons. The number of imidazole rings is 1. The Morgan fingerprint density at radius 1 is 1.35 bits per heavy atom. The molecular formula is C22H27N4O6S2+. The third-order valence-electron chi connectivity index (χ3n) is 6.91. The van der Waals surface area contributed by atoms with E-state index in [-0.39, 0.29) is 36.0 Å². The summed E-state index contributed by atoms with van der Waals surface area (Å²) in [5.41, 5.74) is 0.621. The smallest absolute Gasteiger partial charge is 0.352 e. The largest absolute Gasteiger partial charge is 0.477 e.